The van der Waals surface area contributed by atoms with Crippen LogP contribution in [0, 0.1) is 18.7 Å². The summed E-state index contributed by atoms with van der Waals surface area (Å²) in [6.07, 6.45) is 2.61. The molecule has 1 fully saturated rings. The largest absolute Gasteiger partial charge is 0.459 e. The first-order valence-corrected chi connectivity index (χ1v) is 8.22. The van der Waals surface area contributed by atoms with E-state index in [9.17, 15) is 18.0 Å². The third-order valence-electron chi connectivity index (χ3n) is 4.60. The summed E-state index contributed by atoms with van der Waals surface area (Å²) in [5, 5.41) is 0. The lowest BCUT2D eigenvalue weighted by atomic mass is 9.85. The fourth-order valence-electron chi connectivity index (χ4n) is 3.28. The molecule has 0 heterocycles. The zero-order valence-corrected chi connectivity index (χ0v) is 13.6. The van der Waals surface area contributed by atoms with Crippen LogP contribution in [0.3, 0.4) is 0 Å². The lowest BCUT2D eigenvalue weighted by Crippen LogP contribution is -2.25. The number of alkyl halides is 2. The Morgan fingerprint density at radius 2 is 1.91 bits per heavy atom. The van der Waals surface area contributed by atoms with Gasteiger partial charge in [0, 0.05) is 0 Å². The fourth-order valence-corrected chi connectivity index (χ4v) is 3.28. The van der Waals surface area contributed by atoms with Crippen LogP contribution in [0.15, 0.2) is 12.1 Å². The molecule has 0 spiro atoms. The van der Waals surface area contributed by atoms with Gasteiger partial charge in [0.25, 0.3) is 6.43 Å². The van der Waals surface area contributed by atoms with E-state index in [2.05, 4.69) is 6.92 Å². The Hall–Kier alpha value is -1.52. The highest BCUT2D eigenvalue weighted by Crippen LogP contribution is 2.31. The Morgan fingerprint density at radius 3 is 2.48 bits per heavy atom. The third kappa shape index (κ3) is 4.27. The smallest absolute Gasteiger partial charge is 0.341 e. The van der Waals surface area contributed by atoms with Gasteiger partial charge in [-0.05, 0) is 50.2 Å². The summed E-state index contributed by atoms with van der Waals surface area (Å²) in [6, 6.07) is 2.56. The van der Waals surface area contributed by atoms with E-state index in [0.717, 1.165) is 32.1 Å². The minimum atomic E-state index is -2.95. The van der Waals surface area contributed by atoms with Crippen molar-refractivity contribution in [1.29, 1.82) is 0 Å². The number of hydrogen-bond donors (Lipinski definition) is 0. The highest BCUT2D eigenvalue weighted by atomic mass is 19.3. The van der Waals surface area contributed by atoms with Gasteiger partial charge in [-0.1, -0.05) is 25.8 Å². The molecule has 2 nitrogen and oxygen atoms in total. The molecular weight excluding hydrogens is 305 g/mol. The van der Waals surface area contributed by atoms with E-state index in [1.807, 2.05) is 0 Å². The molecule has 0 aromatic heterocycles. The topological polar surface area (TPSA) is 26.3 Å². The Morgan fingerprint density at radius 1 is 1.26 bits per heavy atom. The van der Waals surface area contributed by atoms with Crippen molar-refractivity contribution in [1.82, 2.24) is 0 Å². The molecule has 0 bridgehead atoms. The molecule has 0 saturated heterocycles. The van der Waals surface area contributed by atoms with Gasteiger partial charge in [0.15, 0.2) is 0 Å². The van der Waals surface area contributed by atoms with Crippen molar-refractivity contribution in [3.05, 3.63) is 34.6 Å². The average molecular weight is 328 g/mol. The van der Waals surface area contributed by atoms with Crippen LogP contribution in [0.2, 0.25) is 0 Å². The van der Waals surface area contributed by atoms with Crippen molar-refractivity contribution in [3.8, 4) is 0 Å². The van der Waals surface area contributed by atoms with E-state index in [-0.39, 0.29) is 11.7 Å². The third-order valence-corrected chi connectivity index (χ3v) is 4.60. The molecule has 0 radical (unpaired) electrons. The normalized spacial score (nSPS) is 21.5. The first kappa shape index (κ1) is 17.8. The van der Waals surface area contributed by atoms with Gasteiger partial charge < -0.3 is 4.74 Å². The lowest BCUT2D eigenvalue weighted by molar-refractivity contribution is 0.0156. The lowest BCUT2D eigenvalue weighted by Gasteiger charge is -2.28. The number of esters is 1. The Balaban J connectivity index is 2.03. The Labute approximate surface area is 135 Å². The summed E-state index contributed by atoms with van der Waals surface area (Å²) in [5.41, 5.74) is -0.984. The van der Waals surface area contributed by atoms with Crippen LogP contribution in [0.5, 0.6) is 0 Å². The molecule has 0 atom stereocenters. The molecule has 1 aliphatic carbocycles. The summed E-state index contributed by atoms with van der Waals surface area (Å²) in [7, 11) is 0. The number of carbonyl (C=O) groups excluding carboxylic acids is 1. The number of hydrogen-bond acceptors (Lipinski definition) is 2. The van der Waals surface area contributed by atoms with E-state index < -0.39 is 29.3 Å². The predicted molar refractivity (Wildman–Crippen MR) is 82.2 cm³/mol. The average Bonchev–Trinajstić information content (AvgIpc) is 2.49. The second kappa shape index (κ2) is 7.84. The predicted octanol–water partition coefficient (Wildman–Crippen LogP) is 5.59. The summed E-state index contributed by atoms with van der Waals surface area (Å²) < 4.78 is 45.3. The fraction of sp³-hybridized carbons (Fsp3) is 0.611. The number of carbonyl (C=O) groups is 1. The second-order valence-electron chi connectivity index (χ2n) is 6.30. The van der Waals surface area contributed by atoms with Gasteiger partial charge in [0.1, 0.15) is 11.9 Å². The van der Waals surface area contributed by atoms with Gasteiger partial charge in [-0.2, -0.15) is 0 Å². The van der Waals surface area contributed by atoms with Crippen LogP contribution in [-0.2, 0) is 4.74 Å². The van der Waals surface area contributed by atoms with Gasteiger partial charge in [-0.3, -0.25) is 0 Å². The maximum absolute atomic E-state index is 14.2. The molecule has 1 aliphatic rings. The van der Waals surface area contributed by atoms with Gasteiger partial charge >= 0.3 is 5.97 Å². The number of aryl methyl sites for hydroxylation is 1. The molecule has 2 rings (SSSR count). The van der Waals surface area contributed by atoms with E-state index in [1.165, 1.54) is 25.5 Å². The summed E-state index contributed by atoms with van der Waals surface area (Å²) in [4.78, 5) is 12.1. The number of ether oxygens (including phenoxy) is 1. The quantitative estimate of drug-likeness (QED) is 0.659. The first-order chi connectivity index (χ1) is 10.9. The minimum Gasteiger partial charge on any atom is -0.459 e. The van der Waals surface area contributed by atoms with E-state index in [1.54, 1.807) is 0 Å². The zero-order chi connectivity index (χ0) is 17.0. The van der Waals surface area contributed by atoms with Gasteiger partial charge in [-0.15, -0.1) is 0 Å². The second-order valence-corrected chi connectivity index (χ2v) is 6.30. The Bertz CT molecular complexity index is 549. The molecular formula is C18H23F3O2. The standard InChI is InChI=1S/C18H23F3O2/c1-3-4-12-6-8-13(9-7-12)23-18(22)14-10-5-11(2)15(16(14)19)17(20)21/h5,10,12-13,17H,3-4,6-9H2,1-2H3. The monoisotopic (exact) mass is 328 g/mol. The molecule has 0 unspecified atom stereocenters. The highest BCUT2D eigenvalue weighted by Gasteiger charge is 2.27. The molecule has 5 heteroatoms. The van der Waals surface area contributed by atoms with Gasteiger partial charge in [0.05, 0.1) is 11.1 Å². The van der Waals surface area contributed by atoms with Crippen molar-refractivity contribution in [2.75, 3.05) is 0 Å². The van der Waals surface area contributed by atoms with Crippen molar-refractivity contribution in [2.24, 2.45) is 5.92 Å². The Kier molecular flexibility index (Phi) is 6.08. The van der Waals surface area contributed by atoms with Crippen molar-refractivity contribution in [2.45, 2.75) is 64.9 Å². The molecule has 1 saturated carbocycles. The van der Waals surface area contributed by atoms with Crippen molar-refractivity contribution < 1.29 is 22.7 Å². The molecule has 0 aliphatic heterocycles. The summed E-state index contributed by atoms with van der Waals surface area (Å²) in [5.74, 6) is -1.34. The van der Waals surface area contributed by atoms with Crippen LogP contribution < -0.4 is 0 Å². The van der Waals surface area contributed by atoms with Gasteiger partial charge in [0.2, 0.25) is 0 Å². The SMILES string of the molecule is CCCC1CCC(OC(=O)c2ccc(C)c(C(F)F)c2F)CC1. The van der Waals surface area contributed by atoms with Crippen LogP contribution >= 0.6 is 0 Å². The summed E-state index contributed by atoms with van der Waals surface area (Å²) in [6.45, 7) is 3.54. The van der Waals surface area contributed by atoms with Crippen LogP contribution in [0.25, 0.3) is 0 Å². The molecule has 128 valence electrons. The number of halogens is 3. The first-order valence-electron chi connectivity index (χ1n) is 8.22. The van der Waals surface area contributed by atoms with Crippen LogP contribution in [-0.4, -0.2) is 12.1 Å². The highest BCUT2D eigenvalue weighted by molar-refractivity contribution is 5.90. The molecule has 1 aromatic rings. The van der Waals surface area contributed by atoms with Crippen molar-refractivity contribution >= 4 is 5.97 Å². The molecule has 0 amide bonds. The van der Waals surface area contributed by atoms with E-state index in [4.69, 9.17) is 4.74 Å². The summed E-state index contributed by atoms with van der Waals surface area (Å²) >= 11 is 0. The van der Waals surface area contributed by atoms with Gasteiger partial charge in [-0.25, -0.2) is 18.0 Å². The van der Waals surface area contributed by atoms with Crippen LogP contribution in [0.4, 0.5) is 13.2 Å². The maximum Gasteiger partial charge on any atom is 0.341 e. The number of benzene rings is 1. The zero-order valence-electron chi connectivity index (χ0n) is 13.6. The number of rotatable bonds is 5. The minimum absolute atomic E-state index is 0.133. The molecule has 23 heavy (non-hydrogen) atoms. The van der Waals surface area contributed by atoms with Crippen molar-refractivity contribution in [3.63, 3.8) is 0 Å². The molecule has 0 N–H and O–H groups in total. The van der Waals surface area contributed by atoms with E-state index in [0.29, 0.717) is 5.92 Å². The molecule has 1 aromatic carbocycles. The van der Waals surface area contributed by atoms with E-state index >= 15 is 0 Å². The van der Waals surface area contributed by atoms with Crippen LogP contribution in [0.1, 0.15) is 73.4 Å². The maximum atomic E-state index is 14.2.